The van der Waals surface area contributed by atoms with Crippen LogP contribution in [0, 0.1) is 0 Å². The molecule has 0 bridgehead atoms. The summed E-state index contributed by atoms with van der Waals surface area (Å²) in [5.41, 5.74) is -0.771. The van der Waals surface area contributed by atoms with Crippen LogP contribution in [-0.4, -0.2) is 34.2 Å². The Morgan fingerprint density at radius 3 is 2.52 bits per heavy atom. The number of hydrogen-bond donors (Lipinski definition) is 3. The minimum absolute atomic E-state index is 0.0561. The molecular weight excluding hydrogens is 408 g/mol. The minimum Gasteiger partial charge on any atom is -0.487 e. The number of ether oxygens (including phenoxy) is 1. The molecular formula is C22H21F2N3O4. The summed E-state index contributed by atoms with van der Waals surface area (Å²) < 4.78 is 30.1. The number of aromatic amines is 1. The summed E-state index contributed by atoms with van der Waals surface area (Å²) in [7, 11) is 0. The van der Waals surface area contributed by atoms with E-state index in [-0.39, 0.29) is 22.6 Å². The van der Waals surface area contributed by atoms with Crippen LogP contribution in [0.4, 0.5) is 14.5 Å². The van der Waals surface area contributed by atoms with Gasteiger partial charge in [-0.25, -0.2) is 8.78 Å². The maximum absolute atomic E-state index is 12.9. The number of hydrogen-bond acceptors (Lipinski definition) is 5. The predicted molar refractivity (Wildman–Crippen MR) is 111 cm³/mol. The van der Waals surface area contributed by atoms with Gasteiger partial charge in [-0.15, -0.1) is 0 Å². The summed E-state index contributed by atoms with van der Waals surface area (Å²) in [6.45, 7) is 2.44. The highest BCUT2D eigenvalue weighted by Crippen LogP contribution is 2.27. The number of nitrogens with one attached hydrogen (secondary N) is 2. The third kappa shape index (κ3) is 5.32. The number of H-pyrrole nitrogens is 1. The fourth-order valence-corrected chi connectivity index (χ4v) is 2.86. The Kier molecular flexibility index (Phi) is 6.45. The highest BCUT2D eigenvalue weighted by Gasteiger charge is 2.20. The molecule has 31 heavy (non-hydrogen) atoms. The van der Waals surface area contributed by atoms with Gasteiger partial charge in [0.15, 0.2) is 0 Å². The first-order valence-corrected chi connectivity index (χ1v) is 9.39. The van der Waals surface area contributed by atoms with E-state index in [2.05, 4.69) is 15.5 Å². The SMILES string of the molecule is CC(C)(O)c1ccc(NC(=O)c2c[nH]nc(-c3ccccc3OCC(F)F)c2=O)cc1. The number of para-hydroxylation sites is 1. The molecule has 3 N–H and O–H groups in total. The van der Waals surface area contributed by atoms with Gasteiger partial charge in [-0.05, 0) is 43.7 Å². The van der Waals surface area contributed by atoms with Gasteiger partial charge in [0.05, 0.1) is 5.60 Å². The third-order valence-electron chi connectivity index (χ3n) is 4.45. The van der Waals surface area contributed by atoms with E-state index < -0.39 is 30.0 Å². The fraction of sp³-hybridized carbons (Fsp3) is 0.227. The number of carbonyl (C=O) groups excluding carboxylic acids is 1. The van der Waals surface area contributed by atoms with Crippen molar-refractivity contribution in [2.24, 2.45) is 0 Å². The van der Waals surface area contributed by atoms with Gasteiger partial charge in [0.2, 0.25) is 5.43 Å². The standard InChI is InChI=1S/C22H21F2N3O4/c1-22(2,30)13-7-9-14(10-8-13)26-21(29)16-11-25-27-19(20(16)28)15-5-3-4-6-17(15)31-12-18(23)24/h3-11,18,30H,12H2,1-2H3,(H,25,28)(H,26,29). The maximum Gasteiger partial charge on any atom is 0.272 e. The molecule has 0 saturated carbocycles. The van der Waals surface area contributed by atoms with Gasteiger partial charge >= 0.3 is 0 Å². The van der Waals surface area contributed by atoms with E-state index in [0.717, 1.165) is 6.20 Å². The van der Waals surface area contributed by atoms with Crippen LogP contribution in [0.3, 0.4) is 0 Å². The predicted octanol–water partition coefficient (Wildman–Crippen LogP) is 3.56. The van der Waals surface area contributed by atoms with Crippen molar-refractivity contribution in [3.63, 3.8) is 0 Å². The van der Waals surface area contributed by atoms with Gasteiger partial charge in [0.25, 0.3) is 12.3 Å². The van der Waals surface area contributed by atoms with Gasteiger partial charge in [-0.2, -0.15) is 5.10 Å². The second-order valence-electron chi connectivity index (χ2n) is 7.27. The highest BCUT2D eigenvalue weighted by molar-refractivity contribution is 6.04. The lowest BCUT2D eigenvalue weighted by Crippen LogP contribution is -2.24. The van der Waals surface area contributed by atoms with Crippen LogP contribution in [-0.2, 0) is 5.60 Å². The first-order valence-electron chi connectivity index (χ1n) is 9.39. The minimum atomic E-state index is -2.68. The lowest BCUT2D eigenvalue weighted by Gasteiger charge is -2.18. The van der Waals surface area contributed by atoms with Crippen molar-refractivity contribution in [3.05, 3.63) is 76.1 Å². The molecule has 0 aliphatic rings. The van der Waals surface area contributed by atoms with E-state index in [9.17, 15) is 23.5 Å². The number of aliphatic hydroxyl groups is 1. The average molecular weight is 429 g/mol. The summed E-state index contributed by atoms with van der Waals surface area (Å²) in [4.78, 5) is 25.6. The number of halogens is 2. The van der Waals surface area contributed by atoms with Crippen molar-refractivity contribution < 1.29 is 23.4 Å². The summed E-state index contributed by atoms with van der Waals surface area (Å²) in [5, 5.41) is 19.0. The van der Waals surface area contributed by atoms with Gasteiger partial charge in [0.1, 0.15) is 23.6 Å². The van der Waals surface area contributed by atoms with Crippen LogP contribution in [0.25, 0.3) is 11.3 Å². The van der Waals surface area contributed by atoms with Crippen LogP contribution >= 0.6 is 0 Å². The zero-order chi connectivity index (χ0) is 22.6. The number of amides is 1. The summed E-state index contributed by atoms with van der Waals surface area (Å²) in [5.74, 6) is -0.618. The maximum atomic E-state index is 12.9. The van der Waals surface area contributed by atoms with E-state index in [0.29, 0.717) is 11.3 Å². The molecule has 1 amide bonds. The Labute approximate surface area is 176 Å². The first-order chi connectivity index (χ1) is 14.7. The molecule has 162 valence electrons. The second kappa shape index (κ2) is 9.05. The van der Waals surface area contributed by atoms with E-state index in [1.165, 1.54) is 12.1 Å². The Morgan fingerprint density at radius 2 is 1.87 bits per heavy atom. The topological polar surface area (TPSA) is 104 Å². The number of anilines is 1. The van der Waals surface area contributed by atoms with E-state index in [4.69, 9.17) is 4.74 Å². The van der Waals surface area contributed by atoms with Crippen molar-refractivity contribution in [3.8, 4) is 17.0 Å². The fourth-order valence-electron chi connectivity index (χ4n) is 2.86. The highest BCUT2D eigenvalue weighted by atomic mass is 19.3. The number of rotatable bonds is 7. The number of nitrogens with zero attached hydrogens (tertiary/aromatic N) is 1. The van der Waals surface area contributed by atoms with Gasteiger partial charge in [-0.3, -0.25) is 14.7 Å². The Balaban J connectivity index is 1.88. The molecule has 0 saturated heterocycles. The normalized spacial score (nSPS) is 11.4. The van der Waals surface area contributed by atoms with Crippen molar-refractivity contribution in [1.29, 1.82) is 0 Å². The van der Waals surface area contributed by atoms with E-state index >= 15 is 0 Å². The Hall–Kier alpha value is -3.59. The molecule has 9 heteroatoms. The van der Waals surface area contributed by atoms with Crippen LogP contribution in [0.15, 0.2) is 59.5 Å². The third-order valence-corrected chi connectivity index (χ3v) is 4.45. The first kappa shape index (κ1) is 22.1. The number of benzene rings is 2. The lowest BCUT2D eigenvalue weighted by molar-refractivity contribution is 0.0786. The number of carbonyl (C=O) groups is 1. The largest absolute Gasteiger partial charge is 0.487 e. The molecule has 1 heterocycles. The van der Waals surface area contributed by atoms with Crippen molar-refractivity contribution in [2.75, 3.05) is 11.9 Å². The summed E-state index contributed by atoms with van der Waals surface area (Å²) in [6, 6.07) is 12.6. The molecule has 3 aromatic rings. The lowest BCUT2D eigenvalue weighted by atomic mass is 9.98. The summed E-state index contributed by atoms with van der Waals surface area (Å²) >= 11 is 0. The van der Waals surface area contributed by atoms with Crippen LogP contribution in [0.2, 0.25) is 0 Å². The molecule has 0 fully saturated rings. The number of aromatic nitrogens is 2. The summed E-state index contributed by atoms with van der Waals surface area (Å²) in [6.07, 6.45) is -1.52. The van der Waals surface area contributed by atoms with Crippen molar-refractivity contribution >= 4 is 11.6 Å². The molecule has 1 aromatic heterocycles. The molecule has 0 atom stereocenters. The van der Waals surface area contributed by atoms with Crippen LogP contribution < -0.4 is 15.5 Å². The van der Waals surface area contributed by atoms with Crippen LogP contribution in [0.5, 0.6) is 5.75 Å². The molecule has 0 spiro atoms. The van der Waals surface area contributed by atoms with Gasteiger partial charge in [0, 0.05) is 17.4 Å². The monoisotopic (exact) mass is 429 g/mol. The van der Waals surface area contributed by atoms with Gasteiger partial charge < -0.3 is 15.2 Å². The van der Waals surface area contributed by atoms with Crippen molar-refractivity contribution in [1.82, 2.24) is 10.2 Å². The molecule has 7 nitrogen and oxygen atoms in total. The second-order valence-corrected chi connectivity index (χ2v) is 7.27. The average Bonchev–Trinajstić information content (AvgIpc) is 2.72. The molecule has 0 unspecified atom stereocenters. The Morgan fingerprint density at radius 1 is 1.19 bits per heavy atom. The zero-order valence-electron chi connectivity index (χ0n) is 16.9. The van der Waals surface area contributed by atoms with E-state index in [1.807, 2.05) is 0 Å². The molecule has 0 radical (unpaired) electrons. The van der Waals surface area contributed by atoms with Gasteiger partial charge in [-0.1, -0.05) is 24.3 Å². The van der Waals surface area contributed by atoms with E-state index in [1.54, 1.807) is 50.2 Å². The molecule has 0 aliphatic heterocycles. The molecule has 0 aliphatic carbocycles. The molecule has 2 aromatic carbocycles. The smallest absolute Gasteiger partial charge is 0.272 e. The van der Waals surface area contributed by atoms with Crippen LogP contribution in [0.1, 0.15) is 29.8 Å². The Bertz CT molecular complexity index is 1120. The zero-order valence-corrected chi connectivity index (χ0v) is 16.9. The molecule has 3 rings (SSSR count). The number of alkyl halides is 2. The van der Waals surface area contributed by atoms with Crippen molar-refractivity contribution in [2.45, 2.75) is 25.9 Å². The quantitative estimate of drug-likeness (QED) is 0.533.